The number of esters is 1. The van der Waals surface area contributed by atoms with Crippen molar-refractivity contribution in [2.24, 2.45) is 0 Å². The lowest BCUT2D eigenvalue weighted by Gasteiger charge is -2.32. The quantitative estimate of drug-likeness (QED) is 0.644. The van der Waals surface area contributed by atoms with Gasteiger partial charge in [-0.3, -0.25) is 0 Å². The molecule has 0 fully saturated rings. The summed E-state index contributed by atoms with van der Waals surface area (Å²) in [5.41, 5.74) is 2.89. The molecular formula is C23H20ClNO3. The predicted molar refractivity (Wildman–Crippen MR) is 110 cm³/mol. The Morgan fingerprint density at radius 3 is 2.43 bits per heavy atom. The van der Waals surface area contributed by atoms with Gasteiger partial charge in [-0.2, -0.15) is 0 Å². The molecule has 1 N–H and O–H groups in total. The molecule has 142 valence electrons. The number of anilines is 1. The number of nitrogens with zero attached hydrogens (tertiary/aromatic N) is 1. The maximum absolute atomic E-state index is 12.8. The average molecular weight is 394 g/mol. The molecule has 28 heavy (non-hydrogen) atoms. The van der Waals surface area contributed by atoms with Crippen LogP contribution >= 0.6 is 11.6 Å². The summed E-state index contributed by atoms with van der Waals surface area (Å²) in [5, 5.41) is 11.5. The summed E-state index contributed by atoms with van der Waals surface area (Å²) in [4.78, 5) is 14.7. The minimum atomic E-state index is -1.27. The number of cyclic esters (lactones) is 1. The zero-order valence-corrected chi connectivity index (χ0v) is 16.6. The maximum atomic E-state index is 12.8. The third kappa shape index (κ3) is 2.64. The largest absolute Gasteiger partial charge is 0.507 e. The first-order valence-corrected chi connectivity index (χ1v) is 9.32. The van der Waals surface area contributed by atoms with Crippen LogP contribution in [0.2, 0.25) is 5.02 Å². The first kappa shape index (κ1) is 18.4. The number of fused-ring (bicyclic) bond motifs is 1. The number of rotatable bonds is 3. The van der Waals surface area contributed by atoms with Crippen LogP contribution in [0.25, 0.3) is 0 Å². The number of carbonyl (C=O) groups excluding carboxylic acids is 1. The number of ether oxygens (including phenoxy) is 1. The third-order valence-corrected chi connectivity index (χ3v) is 5.46. The number of phenolic OH excluding ortho intramolecular Hbond substituents is 1. The van der Waals surface area contributed by atoms with Crippen LogP contribution in [0, 0.1) is 6.92 Å². The molecule has 0 aliphatic carbocycles. The summed E-state index contributed by atoms with van der Waals surface area (Å²) in [6.07, 6.45) is 0. The molecular weight excluding hydrogens is 374 g/mol. The van der Waals surface area contributed by atoms with Gasteiger partial charge in [-0.25, -0.2) is 4.79 Å². The Morgan fingerprint density at radius 1 is 0.964 bits per heavy atom. The lowest BCUT2D eigenvalue weighted by atomic mass is 9.77. The van der Waals surface area contributed by atoms with Crippen molar-refractivity contribution in [2.45, 2.75) is 12.5 Å². The Hall–Kier alpha value is -2.98. The van der Waals surface area contributed by atoms with E-state index in [0.29, 0.717) is 21.7 Å². The van der Waals surface area contributed by atoms with Gasteiger partial charge in [0, 0.05) is 47.6 Å². The highest BCUT2D eigenvalue weighted by Crippen LogP contribution is 2.51. The molecule has 1 unspecified atom stereocenters. The Balaban J connectivity index is 2.08. The van der Waals surface area contributed by atoms with Crippen molar-refractivity contribution in [3.8, 4) is 5.75 Å². The van der Waals surface area contributed by atoms with Crippen molar-refractivity contribution >= 4 is 23.3 Å². The summed E-state index contributed by atoms with van der Waals surface area (Å²) < 4.78 is 6.04. The van der Waals surface area contributed by atoms with E-state index in [4.69, 9.17) is 16.3 Å². The number of aromatic hydroxyl groups is 1. The van der Waals surface area contributed by atoms with Crippen LogP contribution in [0.3, 0.4) is 0 Å². The smallest absolute Gasteiger partial charge is 0.340 e. The highest BCUT2D eigenvalue weighted by Gasteiger charge is 2.50. The van der Waals surface area contributed by atoms with Crippen LogP contribution in [0.15, 0.2) is 60.7 Å². The summed E-state index contributed by atoms with van der Waals surface area (Å²) in [5.74, 6) is -0.374. The Labute approximate surface area is 168 Å². The van der Waals surface area contributed by atoms with E-state index in [1.54, 1.807) is 36.4 Å². The number of hydrogen-bond donors (Lipinski definition) is 1. The van der Waals surface area contributed by atoms with E-state index >= 15 is 0 Å². The minimum Gasteiger partial charge on any atom is -0.507 e. The summed E-state index contributed by atoms with van der Waals surface area (Å²) in [6, 6.07) is 18.1. The van der Waals surface area contributed by atoms with Gasteiger partial charge in [0.1, 0.15) is 5.75 Å². The second-order valence-electron chi connectivity index (χ2n) is 7.17. The Kier molecular flexibility index (Phi) is 4.31. The van der Waals surface area contributed by atoms with Crippen LogP contribution in [-0.4, -0.2) is 25.2 Å². The van der Waals surface area contributed by atoms with Crippen molar-refractivity contribution in [3.63, 3.8) is 0 Å². The number of phenols is 1. The van der Waals surface area contributed by atoms with Crippen LogP contribution in [0.5, 0.6) is 5.75 Å². The van der Waals surface area contributed by atoms with Gasteiger partial charge >= 0.3 is 5.97 Å². The maximum Gasteiger partial charge on any atom is 0.340 e. The van der Waals surface area contributed by atoms with Gasteiger partial charge in [0.15, 0.2) is 5.60 Å². The molecule has 1 heterocycles. The van der Waals surface area contributed by atoms with E-state index in [1.165, 1.54) is 0 Å². The second-order valence-corrected chi connectivity index (χ2v) is 7.61. The second kappa shape index (κ2) is 6.57. The van der Waals surface area contributed by atoms with Gasteiger partial charge in [-0.05, 0) is 42.8 Å². The summed E-state index contributed by atoms with van der Waals surface area (Å²) >= 11 is 6.31. The Bertz CT molecular complexity index is 1090. The molecule has 4 nitrogen and oxygen atoms in total. The van der Waals surface area contributed by atoms with Crippen LogP contribution < -0.4 is 4.90 Å². The molecule has 0 spiro atoms. The van der Waals surface area contributed by atoms with Crippen molar-refractivity contribution in [1.82, 2.24) is 0 Å². The standard InChI is InChI=1S/C23H20ClNO3/c1-14-8-9-15(24)12-20(14)23(18-7-5-4-6-17(18)22(27)28-23)19-11-10-16(25(2)3)13-21(19)26/h4-13,26H,1-3H3. The first-order chi connectivity index (χ1) is 13.3. The molecule has 0 radical (unpaired) electrons. The van der Waals surface area contributed by atoms with Crippen LogP contribution in [0.4, 0.5) is 5.69 Å². The summed E-state index contributed by atoms with van der Waals surface area (Å²) in [6.45, 7) is 1.94. The molecule has 0 saturated carbocycles. The molecule has 5 heteroatoms. The zero-order chi connectivity index (χ0) is 20.1. The Morgan fingerprint density at radius 2 is 1.71 bits per heavy atom. The van der Waals surface area contributed by atoms with Crippen molar-refractivity contribution in [2.75, 3.05) is 19.0 Å². The van der Waals surface area contributed by atoms with E-state index in [9.17, 15) is 9.90 Å². The van der Waals surface area contributed by atoms with E-state index in [0.717, 1.165) is 16.8 Å². The molecule has 3 aromatic carbocycles. The van der Waals surface area contributed by atoms with Crippen LogP contribution in [-0.2, 0) is 10.3 Å². The van der Waals surface area contributed by atoms with E-state index in [-0.39, 0.29) is 5.75 Å². The molecule has 0 saturated heterocycles. The van der Waals surface area contributed by atoms with Crippen molar-refractivity contribution in [1.29, 1.82) is 0 Å². The van der Waals surface area contributed by atoms with E-state index < -0.39 is 11.6 Å². The van der Waals surface area contributed by atoms with Crippen molar-refractivity contribution in [3.05, 3.63) is 93.5 Å². The number of halogens is 1. The molecule has 3 aromatic rings. The SMILES string of the molecule is Cc1ccc(Cl)cc1C1(c2ccc(N(C)C)cc2O)OC(=O)c2ccccc21. The fourth-order valence-corrected chi connectivity index (χ4v) is 4.00. The number of aryl methyl sites for hydroxylation is 1. The number of carbonyl (C=O) groups is 1. The summed E-state index contributed by atoms with van der Waals surface area (Å²) in [7, 11) is 3.80. The molecule has 1 aliphatic heterocycles. The van der Waals surface area contributed by atoms with Gasteiger partial charge in [0.25, 0.3) is 0 Å². The van der Waals surface area contributed by atoms with Gasteiger partial charge in [0.2, 0.25) is 0 Å². The minimum absolute atomic E-state index is 0.0510. The normalized spacial score (nSPS) is 17.9. The molecule has 0 bridgehead atoms. The highest BCUT2D eigenvalue weighted by atomic mass is 35.5. The molecule has 0 amide bonds. The topological polar surface area (TPSA) is 49.8 Å². The predicted octanol–water partition coefficient (Wildman–Crippen LogP) is 4.88. The number of benzene rings is 3. The third-order valence-electron chi connectivity index (χ3n) is 5.23. The van der Waals surface area contributed by atoms with Gasteiger partial charge in [-0.1, -0.05) is 35.9 Å². The van der Waals surface area contributed by atoms with Gasteiger partial charge in [0.05, 0.1) is 5.56 Å². The van der Waals surface area contributed by atoms with Crippen molar-refractivity contribution < 1.29 is 14.6 Å². The van der Waals surface area contributed by atoms with E-state index in [1.807, 2.05) is 50.2 Å². The molecule has 1 atom stereocenters. The van der Waals surface area contributed by atoms with Crippen LogP contribution in [0.1, 0.15) is 32.6 Å². The molecule has 1 aliphatic rings. The highest BCUT2D eigenvalue weighted by molar-refractivity contribution is 6.30. The fraction of sp³-hybridized carbons (Fsp3) is 0.174. The average Bonchev–Trinajstić information content (AvgIpc) is 2.97. The first-order valence-electron chi connectivity index (χ1n) is 8.95. The molecule has 0 aromatic heterocycles. The lowest BCUT2D eigenvalue weighted by Crippen LogP contribution is -2.30. The fourth-order valence-electron chi connectivity index (χ4n) is 3.83. The van der Waals surface area contributed by atoms with E-state index in [2.05, 4.69) is 0 Å². The monoisotopic (exact) mass is 393 g/mol. The number of hydrogen-bond acceptors (Lipinski definition) is 4. The lowest BCUT2D eigenvalue weighted by molar-refractivity contribution is 0.0244. The van der Waals surface area contributed by atoms with Gasteiger partial charge < -0.3 is 14.7 Å². The molecule has 4 rings (SSSR count). The van der Waals surface area contributed by atoms with Gasteiger partial charge in [-0.15, -0.1) is 0 Å². The zero-order valence-electron chi connectivity index (χ0n) is 15.9.